The minimum absolute atomic E-state index is 0.630. The van der Waals surface area contributed by atoms with Gasteiger partial charge < -0.3 is 4.42 Å². The summed E-state index contributed by atoms with van der Waals surface area (Å²) >= 11 is 0. The summed E-state index contributed by atoms with van der Waals surface area (Å²) < 4.78 is 6.44. The lowest BCUT2D eigenvalue weighted by Gasteiger charge is -2.11. The van der Waals surface area contributed by atoms with Crippen LogP contribution in [0.1, 0.15) is 0 Å². The van der Waals surface area contributed by atoms with Gasteiger partial charge in [0.25, 0.3) is 0 Å². The molecule has 0 N–H and O–H groups in total. The maximum atomic E-state index is 6.44. The highest BCUT2D eigenvalue weighted by molar-refractivity contribution is 6.21. The normalized spacial score (nSPS) is 11.4. The molecule has 0 aliphatic rings. The third kappa shape index (κ3) is 4.84. The van der Waals surface area contributed by atoms with Crippen molar-refractivity contribution in [1.82, 2.24) is 15.0 Å². The molecule has 7 aromatic carbocycles. The van der Waals surface area contributed by atoms with Gasteiger partial charge in [0.05, 0.1) is 0 Å². The molecule has 2 aromatic heterocycles. The fourth-order valence-electron chi connectivity index (χ4n) is 6.38. The van der Waals surface area contributed by atoms with E-state index in [1.54, 1.807) is 0 Å². The van der Waals surface area contributed by atoms with Crippen LogP contribution in [0.2, 0.25) is 0 Å². The van der Waals surface area contributed by atoms with Crippen LogP contribution in [0.4, 0.5) is 0 Å². The van der Waals surface area contributed by atoms with Gasteiger partial charge in [-0.25, -0.2) is 15.0 Å². The van der Waals surface area contributed by atoms with Gasteiger partial charge in [-0.05, 0) is 39.8 Å². The van der Waals surface area contributed by atoms with E-state index < -0.39 is 0 Å². The molecule has 0 aliphatic carbocycles. The van der Waals surface area contributed by atoms with Crippen molar-refractivity contribution in [2.24, 2.45) is 0 Å². The van der Waals surface area contributed by atoms with Crippen molar-refractivity contribution in [3.8, 4) is 56.4 Å². The van der Waals surface area contributed by atoms with Crippen molar-refractivity contribution in [3.63, 3.8) is 0 Å². The first-order chi connectivity index (χ1) is 23.3. The van der Waals surface area contributed by atoms with Crippen LogP contribution >= 0.6 is 0 Å². The molecule has 9 aromatic rings. The van der Waals surface area contributed by atoms with E-state index in [1.165, 1.54) is 5.56 Å². The van der Waals surface area contributed by atoms with Gasteiger partial charge in [-0.15, -0.1) is 0 Å². The van der Waals surface area contributed by atoms with Crippen molar-refractivity contribution in [2.45, 2.75) is 0 Å². The third-order valence-electron chi connectivity index (χ3n) is 8.74. The molecule has 9 rings (SSSR count). The number of hydrogen-bond donors (Lipinski definition) is 0. The fraction of sp³-hybridized carbons (Fsp3) is 0. The molecule has 0 radical (unpaired) electrons. The Hall–Kier alpha value is -6.39. The molecule has 0 saturated heterocycles. The van der Waals surface area contributed by atoms with Crippen LogP contribution in [-0.2, 0) is 0 Å². The van der Waals surface area contributed by atoms with Crippen molar-refractivity contribution < 1.29 is 4.42 Å². The highest BCUT2D eigenvalue weighted by Gasteiger charge is 2.17. The maximum Gasteiger partial charge on any atom is 0.164 e. The predicted molar refractivity (Wildman–Crippen MR) is 192 cm³/mol. The number of rotatable bonds is 5. The van der Waals surface area contributed by atoms with Crippen LogP contribution < -0.4 is 0 Å². The molecule has 0 fully saturated rings. The minimum atomic E-state index is 0.630. The van der Waals surface area contributed by atoms with Gasteiger partial charge >= 0.3 is 0 Å². The number of furan rings is 1. The standard InChI is InChI=1S/C43H27N3O/c1-3-11-28(12-4-1)29-19-23-32(24-20-29)42-44-41(31-13-5-2-6-14-31)45-43(46-42)33-25-21-30(22-26-33)37-27-34-15-7-8-16-35(34)40-39(37)36-17-9-10-18-38(36)47-40/h1-27H. The summed E-state index contributed by atoms with van der Waals surface area (Å²) in [5.74, 6) is 1.91. The van der Waals surface area contributed by atoms with Crippen molar-refractivity contribution in [1.29, 1.82) is 0 Å². The first-order valence-electron chi connectivity index (χ1n) is 15.7. The Kier molecular flexibility index (Phi) is 6.43. The number of hydrogen-bond acceptors (Lipinski definition) is 4. The van der Waals surface area contributed by atoms with Crippen LogP contribution in [0.15, 0.2) is 168 Å². The summed E-state index contributed by atoms with van der Waals surface area (Å²) in [6.45, 7) is 0. The van der Waals surface area contributed by atoms with Gasteiger partial charge in [0, 0.05) is 32.8 Å². The van der Waals surface area contributed by atoms with Crippen molar-refractivity contribution in [2.75, 3.05) is 0 Å². The molecule has 4 heteroatoms. The van der Waals surface area contributed by atoms with Crippen LogP contribution in [0.5, 0.6) is 0 Å². The second kappa shape index (κ2) is 11.2. The summed E-state index contributed by atoms with van der Waals surface area (Å²) in [6, 6.07) is 56.3. The quantitative estimate of drug-likeness (QED) is 0.197. The van der Waals surface area contributed by atoms with Crippen molar-refractivity contribution >= 4 is 32.7 Å². The SMILES string of the molecule is c1ccc(-c2ccc(-c3nc(-c4ccccc4)nc(-c4ccc(-c5cc6ccccc6c6oc7ccccc7c56)cc4)n3)cc2)cc1. The molecule has 0 atom stereocenters. The van der Waals surface area contributed by atoms with Gasteiger partial charge in [0.1, 0.15) is 11.2 Å². The molecule has 0 amide bonds. The Bertz CT molecular complexity index is 2540. The Morgan fingerprint density at radius 2 is 0.809 bits per heavy atom. The summed E-state index contributed by atoms with van der Waals surface area (Å²) in [5, 5.41) is 4.49. The average molecular weight is 602 g/mol. The molecule has 4 nitrogen and oxygen atoms in total. The molecule has 0 unspecified atom stereocenters. The molecular formula is C43H27N3O. The topological polar surface area (TPSA) is 51.8 Å². The molecule has 0 saturated carbocycles. The molecule has 0 aliphatic heterocycles. The lowest BCUT2D eigenvalue weighted by Crippen LogP contribution is -2.00. The van der Waals surface area contributed by atoms with Gasteiger partial charge in [-0.2, -0.15) is 0 Å². The van der Waals surface area contributed by atoms with E-state index in [4.69, 9.17) is 19.4 Å². The monoisotopic (exact) mass is 601 g/mol. The molecule has 0 bridgehead atoms. The predicted octanol–water partition coefficient (Wildman–Crippen LogP) is 11.3. The van der Waals surface area contributed by atoms with E-state index in [2.05, 4.69) is 115 Å². The first kappa shape index (κ1) is 27.0. The van der Waals surface area contributed by atoms with E-state index in [0.29, 0.717) is 17.5 Å². The molecular weight excluding hydrogens is 574 g/mol. The Balaban J connectivity index is 1.16. The zero-order chi connectivity index (χ0) is 31.2. The first-order valence-corrected chi connectivity index (χ1v) is 15.7. The fourth-order valence-corrected chi connectivity index (χ4v) is 6.38. The number of nitrogens with zero attached hydrogens (tertiary/aromatic N) is 3. The zero-order valence-electron chi connectivity index (χ0n) is 25.3. The van der Waals surface area contributed by atoms with Crippen LogP contribution in [0.25, 0.3) is 89.1 Å². The van der Waals surface area contributed by atoms with Crippen LogP contribution in [-0.4, -0.2) is 15.0 Å². The second-order valence-electron chi connectivity index (χ2n) is 11.6. The maximum absolute atomic E-state index is 6.44. The highest BCUT2D eigenvalue weighted by Crippen LogP contribution is 2.41. The Morgan fingerprint density at radius 1 is 0.362 bits per heavy atom. The van der Waals surface area contributed by atoms with Gasteiger partial charge in [0.15, 0.2) is 17.5 Å². The lowest BCUT2D eigenvalue weighted by molar-refractivity contribution is 0.673. The number of benzene rings is 7. The highest BCUT2D eigenvalue weighted by atomic mass is 16.3. The number of fused-ring (bicyclic) bond motifs is 5. The summed E-state index contributed by atoms with van der Waals surface area (Å²) in [4.78, 5) is 14.9. The molecule has 220 valence electrons. The van der Waals surface area contributed by atoms with E-state index in [9.17, 15) is 0 Å². The van der Waals surface area contributed by atoms with E-state index in [0.717, 1.165) is 66.1 Å². The smallest absolute Gasteiger partial charge is 0.164 e. The van der Waals surface area contributed by atoms with E-state index in [1.807, 2.05) is 48.5 Å². The largest absolute Gasteiger partial charge is 0.455 e. The van der Waals surface area contributed by atoms with E-state index in [-0.39, 0.29) is 0 Å². The van der Waals surface area contributed by atoms with Crippen LogP contribution in [0, 0.1) is 0 Å². The lowest BCUT2D eigenvalue weighted by atomic mass is 9.95. The van der Waals surface area contributed by atoms with Crippen molar-refractivity contribution in [3.05, 3.63) is 164 Å². The molecule has 2 heterocycles. The Labute approximate surface area is 271 Å². The van der Waals surface area contributed by atoms with Crippen LogP contribution in [0.3, 0.4) is 0 Å². The minimum Gasteiger partial charge on any atom is -0.455 e. The summed E-state index contributed by atoms with van der Waals surface area (Å²) in [7, 11) is 0. The molecule has 0 spiro atoms. The third-order valence-corrected chi connectivity index (χ3v) is 8.74. The number of para-hydroxylation sites is 1. The summed E-state index contributed by atoms with van der Waals surface area (Å²) in [6.07, 6.45) is 0. The Morgan fingerprint density at radius 3 is 1.45 bits per heavy atom. The number of aromatic nitrogens is 3. The van der Waals surface area contributed by atoms with E-state index >= 15 is 0 Å². The second-order valence-corrected chi connectivity index (χ2v) is 11.6. The zero-order valence-corrected chi connectivity index (χ0v) is 25.3. The average Bonchev–Trinajstić information content (AvgIpc) is 3.55. The van der Waals surface area contributed by atoms with Gasteiger partial charge in [-0.3, -0.25) is 0 Å². The molecule has 47 heavy (non-hydrogen) atoms. The van der Waals surface area contributed by atoms with Gasteiger partial charge in [0.2, 0.25) is 0 Å². The summed E-state index contributed by atoms with van der Waals surface area (Å²) in [5.41, 5.74) is 9.16. The van der Waals surface area contributed by atoms with Gasteiger partial charge in [-0.1, -0.05) is 152 Å².